The summed E-state index contributed by atoms with van der Waals surface area (Å²) in [5, 5.41) is 1.14. The highest BCUT2D eigenvalue weighted by molar-refractivity contribution is 5.78. The maximum atomic E-state index is 5.81. The Balaban J connectivity index is 2.11. The molecule has 0 bridgehead atoms. The normalized spacial score (nSPS) is 12.5. The number of fused-ring (bicyclic) bond motifs is 1. The maximum Gasteiger partial charge on any atom is 0.0884 e. The zero-order valence-electron chi connectivity index (χ0n) is 12.3. The molecule has 1 atom stereocenters. The lowest BCUT2D eigenvalue weighted by Crippen LogP contribution is -2.30. The second kappa shape index (κ2) is 5.64. The van der Waals surface area contributed by atoms with E-state index in [1.54, 1.807) is 0 Å². The molecule has 3 rings (SSSR count). The third-order valence-electron chi connectivity index (χ3n) is 4.04. The van der Waals surface area contributed by atoms with Crippen LogP contribution in [0, 0.1) is 13.8 Å². The van der Waals surface area contributed by atoms with Crippen molar-refractivity contribution in [2.24, 2.45) is 5.84 Å². The quantitative estimate of drug-likeness (QED) is 0.570. The van der Waals surface area contributed by atoms with Crippen molar-refractivity contribution in [1.29, 1.82) is 0 Å². The smallest absolute Gasteiger partial charge is 0.0884 e. The van der Waals surface area contributed by atoms with E-state index in [9.17, 15) is 0 Å². The highest BCUT2D eigenvalue weighted by Gasteiger charge is 2.17. The van der Waals surface area contributed by atoms with Crippen molar-refractivity contribution < 1.29 is 0 Å². The van der Waals surface area contributed by atoms with Crippen LogP contribution in [0.1, 0.15) is 28.4 Å². The fourth-order valence-corrected chi connectivity index (χ4v) is 2.66. The molecule has 3 nitrogen and oxygen atoms in total. The van der Waals surface area contributed by atoms with Crippen molar-refractivity contribution in [3.63, 3.8) is 0 Å². The van der Waals surface area contributed by atoms with E-state index in [0.29, 0.717) is 0 Å². The van der Waals surface area contributed by atoms with Crippen molar-refractivity contribution >= 4 is 10.9 Å². The van der Waals surface area contributed by atoms with Crippen LogP contribution >= 0.6 is 0 Å². The third kappa shape index (κ3) is 2.53. The minimum atomic E-state index is -0.102. The zero-order valence-corrected chi connectivity index (χ0v) is 12.3. The van der Waals surface area contributed by atoms with E-state index in [1.165, 1.54) is 16.7 Å². The molecule has 3 heteroatoms. The van der Waals surface area contributed by atoms with Crippen LogP contribution in [0.4, 0.5) is 0 Å². The fourth-order valence-electron chi connectivity index (χ4n) is 2.66. The number of nitrogens with two attached hydrogens (primary N) is 1. The van der Waals surface area contributed by atoms with Gasteiger partial charge in [-0.3, -0.25) is 10.8 Å². The first-order chi connectivity index (χ1) is 10.2. The molecule has 1 unspecified atom stereocenters. The summed E-state index contributed by atoms with van der Waals surface area (Å²) in [6.45, 7) is 4.23. The Hall–Kier alpha value is -2.23. The van der Waals surface area contributed by atoms with Gasteiger partial charge in [0.25, 0.3) is 0 Å². The molecule has 0 fully saturated rings. The molecular weight excluding hydrogens is 258 g/mol. The van der Waals surface area contributed by atoms with Crippen LogP contribution in [0.15, 0.2) is 54.6 Å². The number of aromatic nitrogens is 1. The van der Waals surface area contributed by atoms with E-state index in [4.69, 9.17) is 10.8 Å². The van der Waals surface area contributed by atoms with Crippen LogP contribution in [-0.4, -0.2) is 4.98 Å². The second-order valence-corrected chi connectivity index (χ2v) is 5.32. The van der Waals surface area contributed by atoms with E-state index in [0.717, 1.165) is 16.6 Å². The van der Waals surface area contributed by atoms with Crippen LogP contribution in [0.2, 0.25) is 0 Å². The number of hydrogen-bond donors (Lipinski definition) is 2. The lowest BCUT2D eigenvalue weighted by Gasteiger charge is -2.19. The van der Waals surface area contributed by atoms with Crippen molar-refractivity contribution in [2.45, 2.75) is 19.9 Å². The first kappa shape index (κ1) is 13.7. The predicted octanol–water partition coefficient (Wildman–Crippen LogP) is 3.40. The number of aryl methyl sites for hydroxylation is 1. The number of hydrazine groups is 1. The highest BCUT2D eigenvalue weighted by Crippen LogP contribution is 2.26. The van der Waals surface area contributed by atoms with Gasteiger partial charge in [0.2, 0.25) is 0 Å². The standard InChI is InChI=1S/C18H19N3/c1-12-6-5-8-15(13(12)2)18(21-19)17-11-10-14-7-3-4-9-16(14)20-17/h3-11,18,21H,19H2,1-2H3. The third-order valence-corrected chi connectivity index (χ3v) is 4.04. The molecule has 0 aliphatic rings. The van der Waals surface area contributed by atoms with Crippen LogP contribution in [0.3, 0.4) is 0 Å². The van der Waals surface area contributed by atoms with E-state index in [-0.39, 0.29) is 6.04 Å². The maximum absolute atomic E-state index is 5.81. The summed E-state index contributed by atoms with van der Waals surface area (Å²) < 4.78 is 0. The van der Waals surface area contributed by atoms with Crippen LogP contribution < -0.4 is 11.3 Å². The lowest BCUT2D eigenvalue weighted by molar-refractivity contribution is 0.619. The molecule has 106 valence electrons. The number of hydrogen-bond acceptors (Lipinski definition) is 3. The van der Waals surface area contributed by atoms with Gasteiger partial charge in [-0.2, -0.15) is 0 Å². The fraction of sp³-hybridized carbons (Fsp3) is 0.167. The lowest BCUT2D eigenvalue weighted by atomic mass is 9.95. The average molecular weight is 277 g/mol. The van der Waals surface area contributed by atoms with E-state index < -0.39 is 0 Å². The number of pyridine rings is 1. The van der Waals surface area contributed by atoms with Crippen molar-refractivity contribution in [3.05, 3.63) is 77.0 Å². The molecule has 0 saturated carbocycles. The van der Waals surface area contributed by atoms with Gasteiger partial charge >= 0.3 is 0 Å². The topological polar surface area (TPSA) is 50.9 Å². The minimum absolute atomic E-state index is 0.102. The summed E-state index contributed by atoms with van der Waals surface area (Å²) in [7, 11) is 0. The first-order valence-corrected chi connectivity index (χ1v) is 7.08. The molecule has 0 aliphatic carbocycles. The second-order valence-electron chi connectivity index (χ2n) is 5.32. The summed E-state index contributed by atoms with van der Waals surface area (Å²) in [6, 6.07) is 18.4. The summed E-state index contributed by atoms with van der Waals surface area (Å²) in [4.78, 5) is 4.75. The van der Waals surface area contributed by atoms with Crippen LogP contribution in [-0.2, 0) is 0 Å². The van der Waals surface area contributed by atoms with Crippen molar-refractivity contribution in [2.75, 3.05) is 0 Å². The molecule has 3 aromatic rings. The largest absolute Gasteiger partial charge is 0.271 e. The molecule has 0 spiro atoms. The van der Waals surface area contributed by atoms with Crippen molar-refractivity contribution in [1.82, 2.24) is 10.4 Å². The summed E-state index contributed by atoms with van der Waals surface area (Å²) in [6.07, 6.45) is 0. The van der Waals surface area contributed by atoms with Gasteiger partial charge in [0, 0.05) is 5.39 Å². The average Bonchev–Trinajstić information content (AvgIpc) is 2.52. The SMILES string of the molecule is Cc1cccc(C(NN)c2ccc3ccccc3n2)c1C. The molecule has 0 aliphatic heterocycles. The molecule has 0 amide bonds. The number of nitrogens with one attached hydrogen (secondary N) is 1. The molecule has 2 aromatic carbocycles. The van der Waals surface area contributed by atoms with Gasteiger partial charge < -0.3 is 0 Å². The van der Waals surface area contributed by atoms with Gasteiger partial charge in [0.05, 0.1) is 17.3 Å². The summed E-state index contributed by atoms with van der Waals surface area (Å²) in [5.74, 6) is 5.81. The molecule has 3 N–H and O–H groups in total. The van der Waals surface area contributed by atoms with E-state index >= 15 is 0 Å². The zero-order chi connectivity index (χ0) is 14.8. The Morgan fingerprint density at radius 2 is 1.76 bits per heavy atom. The van der Waals surface area contributed by atoms with Gasteiger partial charge in [0.15, 0.2) is 0 Å². The van der Waals surface area contributed by atoms with Crippen LogP contribution in [0.5, 0.6) is 0 Å². The van der Waals surface area contributed by atoms with E-state index in [2.05, 4.69) is 49.6 Å². The van der Waals surface area contributed by atoms with Gasteiger partial charge in [-0.25, -0.2) is 5.43 Å². The summed E-state index contributed by atoms with van der Waals surface area (Å²) in [5.41, 5.74) is 8.50. The monoisotopic (exact) mass is 277 g/mol. The Bertz CT molecular complexity index is 780. The Morgan fingerprint density at radius 3 is 2.57 bits per heavy atom. The summed E-state index contributed by atoms with van der Waals surface area (Å²) >= 11 is 0. The minimum Gasteiger partial charge on any atom is -0.271 e. The van der Waals surface area contributed by atoms with Gasteiger partial charge in [-0.15, -0.1) is 0 Å². The number of rotatable bonds is 3. The molecular formula is C18H19N3. The number of para-hydroxylation sites is 1. The molecule has 0 saturated heterocycles. The van der Waals surface area contributed by atoms with Gasteiger partial charge in [-0.1, -0.05) is 42.5 Å². The molecule has 1 aromatic heterocycles. The van der Waals surface area contributed by atoms with Crippen LogP contribution in [0.25, 0.3) is 10.9 Å². The van der Waals surface area contributed by atoms with Crippen molar-refractivity contribution in [3.8, 4) is 0 Å². The Kier molecular flexibility index (Phi) is 3.69. The molecule has 0 radical (unpaired) electrons. The predicted molar refractivity (Wildman–Crippen MR) is 86.8 cm³/mol. The number of nitrogens with zero attached hydrogens (tertiary/aromatic N) is 1. The number of benzene rings is 2. The van der Waals surface area contributed by atoms with E-state index in [1.807, 2.05) is 24.3 Å². The Morgan fingerprint density at radius 1 is 0.952 bits per heavy atom. The Labute approximate surface area is 124 Å². The highest BCUT2D eigenvalue weighted by atomic mass is 15.2. The first-order valence-electron chi connectivity index (χ1n) is 7.08. The molecule has 1 heterocycles. The van der Waals surface area contributed by atoms with Gasteiger partial charge in [-0.05, 0) is 42.7 Å². The molecule has 21 heavy (non-hydrogen) atoms. The van der Waals surface area contributed by atoms with Gasteiger partial charge in [0.1, 0.15) is 0 Å².